The van der Waals surface area contributed by atoms with Crippen LogP contribution in [-0.2, 0) is 4.74 Å². The minimum absolute atomic E-state index is 0.175. The SMILES string of the molecule is CCOC(=O)N1CCN(C(=O)c2cn(-c3cccc(F)c3)nn2)CC1. The van der Waals surface area contributed by atoms with Crippen LogP contribution in [0.1, 0.15) is 17.4 Å². The van der Waals surface area contributed by atoms with Crippen molar-refractivity contribution in [2.75, 3.05) is 32.8 Å². The lowest BCUT2D eigenvalue weighted by molar-refractivity contribution is 0.0566. The average molecular weight is 347 g/mol. The number of hydrogen-bond acceptors (Lipinski definition) is 5. The fourth-order valence-electron chi connectivity index (χ4n) is 2.58. The number of piperazine rings is 1. The Labute approximate surface area is 143 Å². The van der Waals surface area contributed by atoms with E-state index in [1.807, 2.05) is 0 Å². The number of aromatic nitrogens is 3. The van der Waals surface area contributed by atoms with Gasteiger partial charge in [-0.25, -0.2) is 13.9 Å². The van der Waals surface area contributed by atoms with Crippen LogP contribution in [0, 0.1) is 5.82 Å². The van der Waals surface area contributed by atoms with Gasteiger partial charge in [-0.1, -0.05) is 11.3 Å². The summed E-state index contributed by atoms with van der Waals surface area (Å²) >= 11 is 0. The number of carbonyl (C=O) groups excluding carboxylic acids is 2. The molecule has 9 heteroatoms. The maximum atomic E-state index is 13.3. The maximum absolute atomic E-state index is 13.3. The topological polar surface area (TPSA) is 80.6 Å². The van der Waals surface area contributed by atoms with Crippen LogP contribution in [0.5, 0.6) is 0 Å². The number of ether oxygens (including phenoxy) is 1. The Bertz CT molecular complexity index is 771. The summed E-state index contributed by atoms with van der Waals surface area (Å²) in [5.41, 5.74) is 0.660. The molecule has 1 aliphatic heterocycles. The Balaban J connectivity index is 1.64. The van der Waals surface area contributed by atoms with Crippen molar-refractivity contribution in [3.05, 3.63) is 42.0 Å². The van der Waals surface area contributed by atoms with E-state index < -0.39 is 5.82 Å². The third kappa shape index (κ3) is 3.76. The van der Waals surface area contributed by atoms with E-state index in [1.54, 1.807) is 28.9 Å². The molecule has 2 amide bonds. The zero-order chi connectivity index (χ0) is 17.8. The first-order valence-electron chi connectivity index (χ1n) is 7.97. The largest absolute Gasteiger partial charge is 0.450 e. The van der Waals surface area contributed by atoms with Crippen LogP contribution in [0.25, 0.3) is 5.69 Å². The number of carbonyl (C=O) groups is 2. The Morgan fingerprint density at radius 1 is 1.20 bits per heavy atom. The van der Waals surface area contributed by atoms with Crippen molar-refractivity contribution >= 4 is 12.0 Å². The minimum atomic E-state index is -0.393. The fraction of sp³-hybridized carbons (Fsp3) is 0.375. The van der Waals surface area contributed by atoms with Crippen molar-refractivity contribution in [2.45, 2.75) is 6.92 Å². The van der Waals surface area contributed by atoms with Crippen molar-refractivity contribution in [3.63, 3.8) is 0 Å². The summed E-state index contributed by atoms with van der Waals surface area (Å²) in [5.74, 6) is -0.665. The third-order valence-corrected chi connectivity index (χ3v) is 3.88. The highest BCUT2D eigenvalue weighted by Gasteiger charge is 2.27. The zero-order valence-electron chi connectivity index (χ0n) is 13.8. The van der Waals surface area contributed by atoms with Gasteiger partial charge in [0, 0.05) is 26.2 Å². The van der Waals surface area contributed by atoms with Gasteiger partial charge >= 0.3 is 6.09 Å². The van der Waals surface area contributed by atoms with Crippen LogP contribution < -0.4 is 0 Å². The second kappa shape index (κ2) is 7.29. The molecule has 1 aliphatic rings. The number of rotatable bonds is 3. The predicted octanol–water partition coefficient (Wildman–Crippen LogP) is 1.32. The third-order valence-electron chi connectivity index (χ3n) is 3.88. The number of hydrogen-bond donors (Lipinski definition) is 0. The van der Waals surface area contributed by atoms with Crippen LogP contribution in [0.3, 0.4) is 0 Å². The predicted molar refractivity (Wildman–Crippen MR) is 85.8 cm³/mol. The second-order valence-corrected chi connectivity index (χ2v) is 5.51. The summed E-state index contributed by atoms with van der Waals surface area (Å²) in [6, 6.07) is 5.86. The summed E-state index contributed by atoms with van der Waals surface area (Å²) in [4.78, 5) is 27.4. The summed E-state index contributed by atoms with van der Waals surface area (Å²) in [5, 5.41) is 7.75. The Kier molecular flexibility index (Phi) is 4.92. The van der Waals surface area contributed by atoms with Crippen LogP contribution >= 0.6 is 0 Å². The molecule has 0 N–H and O–H groups in total. The van der Waals surface area contributed by atoms with Crippen molar-refractivity contribution in [2.24, 2.45) is 0 Å². The molecule has 8 nitrogen and oxygen atoms in total. The van der Waals surface area contributed by atoms with Gasteiger partial charge in [-0.05, 0) is 25.1 Å². The highest BCUT2D eigenvalue weighted by atomic mass is 19.1. The monoisotopic (exact) mass is 347 g/mol. The molecule has 25 heavy (non-hydrogen) atoms. The normalized spacial score (nSPS) is 14.5. The standard InChI is InChI=1S/C16H18FN5O3/c1-2-25-16(24)21-8-6-20(7-9-21)15(23)14-11-22(19-18-14)13-5-3-4-12(17)10-13/h3-5,10-11H,2,6-9H2,1H3. The van der Waals surface area contributed by atoms with E-state index in [4.69, 9.17) is 4.74 Å². The Morgan fingerprint density at radius 2 is 1.92 bits per heavy atom. The minimum Gasteiger partial charge on any atom is -0.450 e. The molecule has 2 heterocycles. The van der Waals surface area contributed by atoms with Gasteiger partial charge in [-0.15, -0.1) is 5.10 Å². The van der Waals surface area contributed by atoms with E-state index in [2.05, 4.69) is 10.3 Å². The highest BCUT2D eigenvalue weighted by Crippen LogP contribution is 2.11. The molecule has 2 aromatic rings. The molecular formula is C16H18FN5O3. The van der Waals surface area contributed by atoms with E-state index in [9.17, 15) is 14.0 Å². The van der Waals surface area contributed by atoms with Gasteiger partial charge in [0.05, 0.1) is 18.5 Å². The molecule has 1 aromatic heterocycles. The molecule has 0 spiro atoms. The molecule has 0 saturated carbocycles. The van der Waals surface area contributed by atoms with E-state index in [1.165, 1.54) is 23.0 Å². The fourth-order valence-corrected chi connectivity index (χ4v) is 2.58. The first kappa shape index (κ1) is 16.9. The average Bonchev–Trinajstić information content (AvgIpc) is 3.11. The van der Waals surface area contributed by atoms with Crippen LogP contribution in [-0.4, -0.2) is 69.6 Å². The van der Waals surface area contributed by atoms with E-state index in [-0.39, 0.29) is 17.7 Å². The van der Waals surface area contributed by atoms with Gasteiger partial charge in [0.25, 0.3) is 5.91 Å². The van der Waals surface area contributed by atoms with Crippen LogP contribution in [0.2, 0.25) is 0 Å². The van der Waals surface area contributed by atoms with E-state index >= 15 is 0 Å². The molecule has 0 radical (unpaired) electrons. The smallest absolute Gasteiger partial charge is 0.409 e. The number of halogens is 1. The second-order valence-electron chi connectivity index (χ2n) is 5.51. The summed E-state index contributed by atoms with van der Waals surface area (Å²) in [6.45, 7) is 3.67. The lowest BCUT2D eigenvalue weighted by Crippen LogP contribution is -2.50. The lowest BCUT2D eigenvalue weighted by atomic mass is 10.3. The molecule has 0 unspecified atom stereocenters. The van der Waals surface area contributed by atoms with Crippen molar-refractivity contribution in [1.29, 1.82) is 0 Å². The van der Waals surface area contributed by atoms with Gasteiger partial charge in [0.2, 0.25) is 0 Å². The summed E-state index contributed by atoms with van der Waals surface area (Å²) in [6.07, 6.45) is 1.10. The van der Waals surface area contributed by atoms with Gasteiger partial charge in [-0.2, -0.15) is 0 Å². The van der Waals surface area contributed by atoms with Crippen molar-refractivity contribution in [1.82, 2.24) is 24.8 Å². The molecule has 1 saturated heterocycles. The van der Waals surface area contributed by atoms with Gasteiger partial charge in [0.15, 0.2) is 5.69 Å². The molecule has 1 fully saturated rings. The quantitative estimate of drug-likeness (QED) is 0.837. The maximum Gasteiger partial charge on any atom is 0.409 e. The number of amides is 2. The first-order valence-corrected chi connectivity index (χ1v) is 7.97. The molecular weight excluding hydrogens is 329 g/mol. The lowest BCUT2D eigenvalue weighted by Gasteiger charge is -2.33. The van der Waals surface area contributed by atoms with Gasteiger partial charge in [0.1, 0.15) is 5.82 Å². The first-order chi connectivity index (χ1) is 12.1. The van der Waals surface area contributed by atoms with E-state index in [0.717, 1.165) is 0 Å². The summed E-state index contributed by atoms with van der Waals surface area (Å²) in [7, 11) is 0. The zero-order valence-corrected chi connectivity index (χ0v) is 13.8. The number of benzene rings is 1. The molecule has 0 bridgehead atoms. The van der Waals surface area contributed by atoms with Gasteiger partial charge in [-0.3, -0.25) is 4.79 Å². The molecule has 0 atom stereocenters. The molecule has 3 rings (SSSR count). The van der Waals surface area contributed by atoms with Gasteiger partial charge < -0.3 is 14.5 Å². The van der Waals surface area contributed by atoms with Crippen molar-refractivity contribution < 1.29 is 18.7 Å². The van der Waals surface area contributed by atoms with Crippen LogP contribution in [0.15, 0.2) is 30.5 Å². The summed E-state index contributed by atoms with van der Waals surface area (Å²) < 4.78 is 19.6. The molecule has 1 aromatic carbocycles. The van der Waals surface area contributed by atoms with Crippen molar-refractivity contribution in [3.8, 4) is 5.69 Å². The molecule has 0 aliphatic carbocycles. The van der Waals surface area contributed by atoms with Crippen LogP contribution in [0.4, 0.5) is 9.18 Å². The Morgan fingerprint density at radius 3 is 2.60 bits per heavy atom. The molecule has 132 valence electrons. The van der Waals surface area contributed by atoms with E-state index in [0.29, 0.717) is 38.5 Å². The highest BCUT2D eigenvalue weighted by molar-refractivity contribution is 5.92. The Hall–Kier alpha value is -2.97. The number of nitrogens with zero attached hydrogens (tertiary/aromatic N) is 5.